The Labute approximate surface area is 239 Å². The van der Waals surface area contributed by atoms with Gasteiger partial charge < -0.3 is 0 Å². The largest absolute Gasteiger partial charge is 0.256 e. The van der Waals surface area contributed by atoms with Crippen LogP contribution in [0, 0.1) is 6.92 Å². The molecule has 5 aromatic carbocycles. The van der Waals surface area contributed by atoms with E-state index >= 15 is 0 Å². The highest BCUT2D eigenvalue weighted by molar-refractivity contribution is 5.93. The lowest BCUT2D eigenvalue weighted by atomic mass is 9.94. The van der Waals surface area contributed by atoms with Crippen LogP contribution >= 0.6 is 0 Å². The van der Waals surface area contributed by atoms with Crippen molar-refractivity contribution in [2.75, 3.05) is 0 Å². The summed E-state index contributed by atoms with van der Waals surface area (Å²) in [5, 5.41) is 1.14. The summed E-state index contributed by atoms with van der Waals surface area (Å²) in [6.45, 7) is 1.96. The topological polar surface area (TPSA) is 38.7 Å². The smallest absolute Gasteiger partial charge is 0.126 e. The average Bonchev–Trinajstić information content (AvgIpc) is 3.05. The fraction of sp³-hybridized carbons (Fsp3) is 0.0263. The monoisotopic (exact) mass is 525 g/mol. The quantitative estimate of drug-likeness (QED) is 0.224. The molecule has 0 aliphatic heterocycles. The fourth-order valence-corrected chi connectivity index (χ4v) is 5.39. The molecule has 3 nitrogen and oxygen atoms in total. The highest BCUT2D eigenvalue weighted by Crippen LogP contribution is 2.34. The van der Waals surface area contributed by atoms with Gasteiger partial charge in [-0.25, -0.2) is 9.97 Å². The number of para-hydroxylation sites is 1. The van der Waals surface area contributed by atoms with Crippen LogP contribution in [0.3, 0.4) is 0 Å². The van der Waals surface area contributed by atoms with E-state index in [1.165, 1.54) is 11.1 Å². The van der Waals surface area contributed by atoms with Crippen molar-refractivity contribution in [3.8, 4) is 55.9 Å². The van der Waals surface area contributed by atoms with E-state index in [-0.39, 0.29) is 0 Å². The van der Waals surface area contributed by atoms with Crippen LogP contribution in [-0.2, 0) is 0 Å². The molecule has 0 radical (unpaired) electrons. The van der Waals surface area contributed by atoms with Gasteiger partial charge in [0.15, 0.2) is 0 Å². The SMILES string of the molecule is Cc1nc(-c2ccc(-c3cccc4cccnc34)cc2)cc(-c2cc(-c3ccccc3)cc(-c3ccccc3)c2)n1. The lowest BCUT2D eigenvalue weighted by molar-refractivity contribution is 1.06. The van der Waals surface area contributed by atoms with Gasteiger partial charge in [0.05, 0.1) is 16.9 Å². The zero-order chi connectivity index (χ0) is 27.6. The minimum absolute atomic E-state index is 0.742. The Kier molecular flexibility index (Phi) is 6.38. The van der Waals surface area contributed by atoms with E-state index in [0.717, 1.165) is 61.5 Å². The Hall–Kier alpha value is -5.41. The van der Waals surface area contributed by atoms with Gasteiger partial charge in [-0.2, -0.15) is 0 Å². The van der Waals surface area contributed by atoms with E-state index in [4.69, 9.17) is 9.97 Å². The minimum atomic E-state index is 0.742. The van der Waals surface area contributed by atoms with E-state index in [0.29, 0.717) is 0 Å². The zero-order valence-electron chi connectivity index (χ0n) is 22.7. The lowest BCUT2D eigenvalue weighted by Gasteiger charge is -2.12. The van der Waals surface area contributed by atoms with Crippen molar-refractivity contribution in [1.29, 1.82) is 0 Å². The molecule has 7 aromatic rings. The molecule has 3 heteroatoms. The Balaban J connectivity index is 1.30. The average molecular weight is 526 g/mol. The molecule has 0 amide bonds. The molecule has 0 saturated carbocycles. The molecule has 0 aliphatic rings. The molecule has 41 heavy (non-hydrogen) atoms. The molecule has 0 unspecified atom stereocenters. The number of benzene rings is 5. The second kappa shape index (κ2) is 10.6. The van der Waals surface area contributed by atoms with Crippen molar-refractivity contribution in [2.45, 2.75) is 6.92 Å². The summed E-state index contributed by atoms with van der Waals surface area (Å²) >= 11 is 0. The van der Waals surface area contributed by atoms with Gasteiger partial charge in [0.1, 0.15) is 5.82 Å². The molecule has 0 fully saturated rings. The van der Waals surface area contributed by atoms with Crippen LogP contribution in [0.2, 0.25) is 0 Å². The summed E-state index contributed by atoms with van der Waals surface area (Å²) in [7, 11) is 0. The number of rotatable bonds is 5. The second-order valence-corrected chi connectivity index (χ2v) is 10.2. The van der Waals surface area contributed by atoms with Gasteiger partial charge in [-0.3, -0.25) is 4.98 Å². The number of hydrogen-bond donors (Lipinski definition) is 0. The van der Waals surface area contributed by atoms with Gasteiger partial charge >= 0.3 is 0 Å². The third kappa shape index (κ3) is 5.02. The number of aryl methyl sites for hydroxylation is 1. The zero-order valence-corrected chi connectivity index (χ0v) is 22.7. The summed E-state index contributed by atoms with van der Waals surface area (Å²) in [6.07, 6.45) is 1.85. The number of nitrogens with zero attached hydrogens (tertiary/aromatic N) is 3. The predicted molar refractivity (Wildman–Crippen MR) is 169 cm³/mol. The molecule has 0 N–H and O–H groups in total. The van der Waals surface area contributed by atoms with Crippen molar-refractivity contribution >= 4 is 10.9 Å². The van der Waals surface area contributed by atoms with Crippen molar-refractivity contribution in [3.63, 3.8) is 0 Å². The number of hydrogen-bond acceptors (Lipinski definition) is 3. The van der Waals surface area contributed by atoms with Gasteiger partial charge in [0.25, 0.3) is 0 Å². The molecule has 7 rings (SSSR count). The van der Waals surface area contributed by atoms with E-state index in [1.54, 1.807) is 0 Å². The molecule has 0 saturated heterocycles. The maximum absolute atomic E-state index is 4.88. The second-order valence-electron chi connectivity index (χ2n) is 10.2. The molecule has 0 atom stereocenters. The van der Waals surface area contributed by atoms with E-state index in [1.807, 2.05) is 31.3 Å². The highest BCUT2D eigenvalue weighted by Gasteiger charge is 2.12. The first kappa shape index (κ1) is 24.6. The van der Waals surface area contributed by atoms with Gasteiger partial charge in [0, 0.05) is 28.3 Å². The van der Waals surface area contributed by atoms with Crippen molar-refractivity contribution in [3.05, 3.63) is 152 Å². The van der Waals surface area contributed by atoms with Crippen molar-refractivity contribution in [2.24, 2.45) is 0 Å². The summed E-state index contributed by atoms with van der Waals surface area (Å²) in [5.41, 5.74) is 11.9. The highest BCUT2D eigenvalue weighted by atomic mass is 14.9. The van der Waals surface area contributed by atoms with Crippen LogP contribution in [0.15, 0.2) is 146 Å². The normalized spacial score (nSPS) is 11.0. The molecule has 0 spiro atoms. The van der Waals surface area contributed by atoms with Gasteiger partial charge in [-0.1, -0.05) is 109 Å². The van der Waals surface area contributed by atoms with Gasteiger partial charge in [0.2, 0.25) is 0 Å². The Morgan fingerprint density at radius 3 is 1.63 bits per heavy atom. The van der Waals surface area contributed by atoms with Crippen LogP contribution in [0.5, 0.6) is 0 Å². The number of pyridine rings is 1. The first-order chi connectivity index (χ1) is 20.2. The lowest BCUT2D eigenvalue weighted by Crippen LogP contribution is -1.96. The Morgan fingerprint density at radius 2 is 0.976 bits per heavy atom. The molecular weight excluding hydrogens is 498 g/mol. The van der Waals surface area contributed by atoms with Crippen LogP contribution in [0.25, 0.3) is 66.8 Å². The summed E-state index contributed by atoms with van der Waals surface area (Å²) < 4.78 is 0. The first-order valence-electron chi connectivity index (χ1n) is 13.8. The Bertz CT molecular complexity index is 1920. The van der Waals surface area contributed by atoms with Crippen LogP contribution in [-0.4, -0.2) is 15.0 Å². The minimum Gasteiger partial charge on any atom is -0.256 e. The van der Waals surface area contributed by atoms with E-state index < -0.39 is 0 Å². The molecular formula is C38H27N3. The number of aromatic nitrogens is 3. The van der Waals surface area contributed by atoms with E-state index in [2.05, 4.69) is 126 Å². The van der Waals surface area contributed by atoms with Gasteiger partial charge in [-0.15, -0.1) is 0 Å². The van der Waals surface area contributed by atoms with Gasteiger partial charge in [-0.05, 0) is 65.1 Å². The predicted octanol–water partition coefficient (Wildman–Crippen LogP) is 9.67. The number of fused-ring (bicyclic) bond motifs is 1. The van der Waals surface area contributed by atoms with Crippen LogP contribution < -0.4 is 0 Å². The summed E-state index contributed by atoms with van der Waals surface area (Å²) in [5.74, 6) is 0.742. The molecule has 2 heterocycles. The standard InChI is InChI=1S/C38H27N3/c1-26-40-36(30-19-17-29(18-20-30)35-16-8-14-31-15-9-21-39-38(31)35)25-37(41-26)34-23-32(27-10-4-2-5-11-27)22-33(24-34)28-12-6-3-7-13-28/h2-25H,1H3. The van der Waals surface area contributed by atoms with Crippen LogP contribution in [0.1, 0.15) is 5.82 Å². The Morgan fingerprint density at radius 1 is 0.415 bits per heavy atom. The van der Waals surface area contributed by atoms with E-state index in [9.17, 15) is 0 Å². The van der Waals surface area contributed by atoms with Crippen molar-refractivity contribution in [1.82, 2.24) is 15.0 Å². The maximum Gasteiger partial charge on any atom is 0.126 e. The molecule has 2 aromatic heterocycles. The molecule has 0 bridgehead atoms. The molecule has 194 valence electrons. The molecule has 0 aliphatic carbocycles. The fourth-order valence-electron chi connectivity index (χ4n) is 5.39. The first-order valence-corrected chi connectivity index (χ1v) is 13.8. The van der Waals surface area contributed by atoms with Crippen molar-refractivity contribution < 1.29 is 0 Å². The summed E-state index contributed by atoms with van der Waals surface area (Å²) in [4.78, 5) is 14.3. The third-order valence-corrected chi connectivity index (χ3v) is 7.41. The third-order valence-electron chi connectivity index (χ3n) is 7.41. The maximum atomic E-state index is 4.88. The van der Waals surface area contributed by atoms with Crippen LogP contribution in [0.4, 0.5) is 0 Å². The summed E-state index contributed by atoms with van der Waals surface area (Å²) in [6, 6.07) is 48.8.